The maximum absolute atomic E-state index is 10.9. The Morgan fingerprint density at radius 1 is 1.47 bits per heavy atom. The van der Waals surface area contributed by atoms with Crippen LogP contribution >= 0.6 is 0 Å². The Morgan fingerprint density at radius 2 is 2.24 bits per heavy atom. The number of fused-ring (bicyclic) bond motifs is 1. The number of aliphatic carboxylic acids is 1. The van der Waals surface area contributed by atoms with Crippen LogP contribution in [0.2, 0.25) is 0 Å². The molecule has 84 valence electrons. The third-order valence-electron chi connectivity index (χ3n) is 2.32. The summed E-state index contributed by atoms with van der Waals surface area (Å²) in [5, 5.41) is 17.8. The molecule has 0 spiro atoms. The summed E-state index contributed by atoms with van der Waals surface area (Å²) >= 11 is 0. The molecule has 0 aliphatic carbocycles. The fraction of sp³-hybridized carbons (Fsp3) is 0. The Labute approximate surface area is 97.0 Å². The molecule has 5 nitrogen and oxygen atoms in total. The first-order valence-corrected chi connectivity index (χ1v) is 4.74. The molecule has 3 N–H and O–H groups in total. The van der Waals surface area contributed by atoms with Crippen LogP contribution in [0.4, 0.5) is 5.69 Å². The van der Waals surface area contributed by atoms with Gasteiger partial charge in [0.2, 0.25) is 0 Å². The summed E-state index contributed by atoms with van der Waals surface area (Å²) < 4.78 is 5.21. The average Bonchev–Trinajstić information content (AvgIpc) is 2.30. The van der Waals surface area contributed by atoms with Gasteiger partial charge in [-0.1, -0.05) is 0 Å². The molecule has 0 unspecified atom stereocenters. The monoisotopic (exact) mass is 228 g/mol. The van der Waals surface area contributed by atoms with Crippen molar-refractivity contribution >= 4 is 17.2 Å². The van der Waals surface area contributed by atoms with Gasteiger partial charge in [-0.2, -0.15) is 5.26 Å². The van der Waals surface area contributed by atoms with E-state index in [1.165, 1.54) is 12.3 Å². The van der Waals surface area contributed by atoms with Gasteiger partial charge in [-0.25, -0.2) is 4.79 Å². The average molecular weight is 228 g/mol. The number of anilines is 1. The number of carboxylic acids is 1. The Balaban J connectivity index is 2.71. The van der Waals surface area contributed by atoms with E-state index in [0.29, 0.717) is 22.6 Å². The number of nitrogen functional groups attached to an aromatic ring is 1. The van der Waals surface area contributed by atoms with Gasteiger partial charge in [0.25, 0.3) is 0 Å². The highest BCUT2D eigenvalue weighted by atomic mass is 16.5. The quantitative estimate of drug-likeness (QED) is 0.431. The highest BCUT2D eigenvalue weighted by molar-refractivity contribution is 6.04. The summed E-state index contributed by atoms with van der Waals surface area (Å²) in [5.41, 5.74) is 6.57. The van der Waals surface area contributed by atoms with Crippen LogP contribution in [0, 0.1) is 11.3 Å². The third kappa shape index (κ3) is 1.84. The van der Waals surface area contributed by atoms with Gasteiger partial charge in [0.15, 0.2) is 0 Å². The van der Waals surface area contributed by atoms with Crippen LogP contribution in [0.5, 0.6) is 5.75 Å². The van der Waals surface area contributed by atoms with Gasteiger partial charge >= 0.3 is 5.97 Å². The van der Waals surface area contributed by atoms with Gasteiger partial charge < -0.3 is 15.6 Å². The van der Waals surface area contributed by atoms with Crippen molar-refractivity contribution in [2.45, 2.75) is 0 Å². The lowest BCUT2D eigenvalue weighted by atomic mass is 9.97. The minimum absolute atomic E-state index is 0.300. The first kappa shape index (κ1) is 10.8. The minimum atomic E-state index is -1.28. The molecule has 0 saturated heterocycles. The van der Waals surface area contributed by atoms with E-state index in [2.05, 4.69) is 0 Å². The topological polar surface area (TPSA) is 96.3 Å². The van der Waals surface area contributed by atoms with Gasteiger partial charge in [0, 0.05) is 16.8 Å². The third-order valence-corrected chi connectivity index (χ3v) is 2.32. The molecular weight excluding hydrogens is 220 g/mol. The lowest BCUT2D eigenvalue weighted by Gasteiger charge is -2.15. The van der Waals surface area contributed by atoms with Crippen molar-refractivity contribution < 1.29 is 14.6 Å². The molecule has 5 heteroatoms. The number of nitrogens with zero attached hydrogens (tertiary/aromatic N) is 1. The molecule has 1 aromatic rings. The number of carboxylic acid groups (broad SMARTS) is 1. The molecule has 0 radical (unpaired) electrons. The fourth-order valence-electron chi connectivity index (χ4n) is 1.57. The molecule has 0 bridgehead atoms. The van der Waals surface area contributed by atoms with Crippen molar-refractivity contribution in [2.24, 2.45) is 0 Å². The minimum Gasteiger partial charge on any atom is -0.477 e. The Morgan fingerprint density at radius 3 is 2.88 bits per heavy atom. The van der Waals surface area contributed by atoms with Crippen LogP contribution in [-0.4, -0.2) is 11.1 Å². The number of carbonyl (C=O) groups is 1. The maximum Gasteiger partial charge on any atom is 0.347 e. The lowest BCUT2D eigenvalue weighted by Crippen LogP contribution is -2.05. The second-order valence-corrected chi connectivity index (χ2v) is 3.38. The number of nitrogens with two attached hydrogens (primary N) is 1. The number of hydrogen-bond donors (Lipinski definition) is 2. The standard InChI is InChI=1S/C12H8N2O3/c13-6-10(12(15)16)8-3-4-17-11-2-1-7(14)5-9(8)11/h1-5H,14H2,(H,15,16)/b10-8+. The van der Waals surface area contributed by atoms with Crippen LogP contribution in [0.3, 0.4) is 0 Å². The molecule has 17 heavy (non-hydrogen) atoms. The number of benzene rings is 1. The van der Waals surface area contributed by atoms with E-state index in [1.807, 2.05) is 0 Å². The molecule has 2 rings (SSSR count). The number of hydrogen-bond acceptors (Lipinski definition) is 4. The molecule has 0 fully saturated rings. The highest BCUT2D eigenvalue weighted by Gasteiger charge is 2.19. The molecule has 1 aliphatic rings. The molecule has 1 aromatic carbocycles. The van der Waals surface area contributed by atoms with Gasteiger partial charge in [0.1, 0.15) is 17.4 Å². The number of allylic oxidation sites excluding steroid dienone is 2. The van der Waals surface area contributed by atoms with Gasteiger partial charge in [-0.15, -0.1) is 0 Å². The van der Waals surface area contributed by atoms with Crippen molar-refractivity contribution in [3.63, 3.8) is 0 Å². The number of ether oxygens (including phenoxy) is 1. The lowest BCUT2D eigenvalue weighted by molar-refractivity contribution is -0.132. The van der Waals surface area contributed by atoms with Crippen LogP contribution in [-0.2, 0) is 4.79 Å². The van der Waals surface area contributed by atoms with E-state index in [-0.39, 0.29) is 5.57 Å². The Kier molecular flexibility index (Phi) is 2.55. The summed E-state index contributed by atoms with van der Waals surface area (Å²) in [6.07, 6.45) is 2.78. The molecule has 1 aliphatic heterocycles. The number of nitriles is 1. The SMILES string of the molecule is N#C/C(C(=O)O)=C1/C=COc2ccc(N)cc21. The van der Waals surface area contributed by atoms with Crippen LogP contribution < -0.4 is 10.5 Å². The zero-order valence-electron chi connectivity index (χ0n) is 8.68. The van der Waals surface area contributed by atoms with Gasteiger partial charge in [-0.3, -0.25) is 0 Å². The molecule has 0 atom stereocenters. The van der Waals surface area contributed by atoms with E-state index in [0.717, 1.165) is 0 Å². The van der Waals surface area contributed by atoms with Gasteiger partial charge in [0.05, 0.1) is 6.26 Å². The van der Waals surface area contributed by atoms with Crippen molar-refractivity contribution in [3.05, 3.63) is 41.7 Å². The normalized spacial score (nSPS) is 15.5. The first-order valence-electron chi connectivity index (χ1n) is 4.74. The van der Waals surface area contributed by atoms with Crippen molar-refractivity contribution in [3.8, 4) is 11.8 Å². The predicted molar refractivity (Wildman–Crippen MR) is 60.8 cm³/mol. The first-order chi connectivity index (χ1) is 8.13. The number of rotatable bonds is 1. The second kappa shape index (κ2) is 4.02. The van der Waals surface area contributed by atoms with E-state index in [4.69, 9.17) is 20.8 Å². The Hall–Kier alpha value is -2.74. The largest absolute Gasteiger partial charge is 0.477 e. The van der Waals surface area contributed by atoms with Crippen LogP contribution in [0.15, 0.2) is 36.1 Å². The van der Waals surface area contributed by atoms with E-state index < -0.39 is 5.97 Å². The predicted octanol–water partition coefficient (Wildman–Crippen LogP) is 1.54. The molecule has 1 heterocycles. The summed E-state index contributed by atoms with van der Waals surface area (Å²) in [6.45, 7) is 0. The second-order valence-electron chi connectivity index (χ2n) is 3.38. The van der Waals surface area contributed by atoms with E-state index >= 15 is 0 Å². The zero-order valence-corrected chi connectivity index (χ0v) is 8.68. The van der Waals surface area contributed by atoms with E-state index in [1.54, 1.807) is 24.3 Å². The fourth-order valence-corrected chi connectivity index (χ4v) is 1.57. The maximum atomic E-state index is 10.9. The van der Waals surface area contributed by atoms with Crippen molar-refractivity contribution in [2.75, 3.05) is 5.73 Å². The molecule has 0 saturated carbocycles. The Bertz CT molecular complexity index is 594. The molecule has 0 aromatic heterocycles. The molecular formula is C12H8N2O3. The molecule has 0 amide bonds. The zero-order chi connectivity index (χ0) is 12.4. The summed E-state index contributed by atoms with van der Waals surface area (Å²) in [4.78, 5) is 10.9. The van der Waals surface area contributed by atoms with E-state index in [9.17, 15) is 4.79 Å². The smallest absolute Gasteiger partial charge is 0.347 e. The summed E-state index contributed by atoms with van der Waals surface area (Å²) in [5.74, 6) is -0.798. The van der Waals surface area contributed by atoms with Crippen molar-refractivity contribution in [1.29, 1.82) is 5.26 Å². The summed E-state index contributed by atoms with van der Waals surface area (Å²) in [7, 11) is 0. The van der Waals surface area contributed by atoms with Crippen LogP contribution in [0.1, 0.15) is 5.56 Å². The van der Waals surface area contributed by atoms with Crippen molar-refractivity contribution in [1.82, 2.24) is 0 Å². The summed E-state index contributed by atoms with van der Waals surface area (Å²) in [6, 6.07) is 6.51. The highest BCUT2D eigenvalue weighted by Crippen LogP contribution is 2.34. The van der Waals surface area contributed by atoms with Gasteiger partial charge in [-0.05, 0) is 24.3 Å². The van der Waals surface area contributed by atoms with Crippen LogP contribution in [0.25, 0.3) is 5.57 Å².